The van der Waals surface area contributed by atoms with E-state index in [4.69, 9.17) is 24.3 Å². The lowest BCUT2D eigenvalue weighted by Crippen LogP contribution is -2.29. The van der Waals surface area contributed by atoms with Crippen molar-refractivity contribution in [3.8, 4) is 0 Å². The van der Waals surface area contributed by atoms with Crippen molar-refractivity contribution in [2.24, 2.45) is 5.73 Å². The molecule has 392 valence electrons. The fraction of sp³-hybridized carbons (Fsp3) is 0.724. The largest absolute Gasteiger partial charge is 0.472 e. The maximum atomic E-state index is 12.7. The summed E-state index contributed by atoms with van der Waals surface area (Å²) in [4.78, 5) is 35.1. The van der Waals surface area contributed by atoms with Gasteiger partial charge in [-0.15, -0.1) is 0 Å². The zero-order valence-corrected chi connectivity index (χ0v) is 44.5. The van der Waals surface area contributed by atoms with Gasteiger partial charge in [-0.3, -0.25) is 18.6 Å². The van der Waals surface area contributed by atoms with Crippen LogP contribution in [-0.2, 0) is 32.7 Å². The minimum absolute atomic E-state index is 0.0511. The molecule has 9 nitrogen and oxygen atoms in total. The Hall–Kier alpha value is -2.81. The van der Waals surface area contributed by atoms with Crippen molar-refractivity contribution in [1.82, 2.24) is 0 Å². The van der Waals surface area contributed by atoms with Crippen LogP contribution >= 0.6 is 7.82 Å². The standard InChI is InChI=1S/C58H102NO8P/c1-3-5-7-9-11-13-15-17-19-20-21-22-23-24-25-26-27-28-29-30-31-32-33-34-35-36-37-39-41-43-45-47-49-51-58(61)67-56(55-66-68(62,63)65-53-52-59)54-64-57(60)50-48-46-44-42-40-38-18-16-14-12-10-8-6-4-2/h5,7,11,13,17,19,21-22,24-25,27-28,30-31,56H,3-4,6,8-10,12,14-16,18,20,23,26,29,32-55,59H2,1-2H3,(H,62,63)/b7-5-,13-11-,19-17-,22-21-,25-24-,28-27-,31-30-. The number of hydrogen-bond acceptors (Lipinski definition) is 8. The molecule has 0 spiro atoms. The Labute approximate surface area is 417 Å². The van der Waals surface area contributed by atoms with E-state index >= 15 is 0 Å². The van der Waals surface area contributed by atoms with Crippen molar-refractivity contribution in [2.75, 3.05) is 26.4 Å². The first kappa shape index (κ1) is 65.2. The second-order valence-corrected chi connectivity index (χ2v) is 19.5. The first-order valence-electron chi connectivity index (χ1n) is 27.6. The minimum atomic E-state index is -4.39. The zero-order valence-electron chi connectivity index (χ0n) is 43.6. The van der Waals surface area contributed by atoms with E-state index in [9.17, 15) is 19.0 Å². The molecule has 0 aliphatic carbocycles. The van der Waals surface area contributed by atoms with E-state index in [-0.39, 0.29) is 38.6 Å². The van der Waals surface area contributed by atoms with Crippen LogP contribution in [0.4, 0.5) is 0 Å². The molecule has 0 aromatic rings. The number of phosphoric acid groups is 1. The second-order valence-electron chi connectivity index (χ2n) is 18.1. The molecular weight excluding hydrogens is 870 g/mol. The molecule has 3 N–H and O–H groups in total. The molecule has 0 aliphatic rings. The highest BCUT2D eigenvalue weighted by Gasteiger charge is 2.26. The van der Waals surface area contributed by atoms with Gasteiger partial charge in [0.15, 0.2) is 6.10 Å². The summed E-state index contributed by atoms with van der Waals surface area (Å²) in [6.45, 7) is 3.63. The van der Waals surface area contributed by atoms with E-state index in [0.29, 0.717) is 6.42 Å². The molecule has 0 bridgehead atoms. The number of hydrogen-bond donors (Lipinski definition) is 2. The summed E-state index contributed by atoms with van der Waals surface area (Å²) in [7, 11) is -4.39. The van der Waals surface area contributed by atoms with E-state index in [1.54, 1.807) is 0 Å². The molecule has 10 heteroatoms. The predicted molar refractivity (Wildman–Crippen MR) is 289 cm³/mol. The van der Waals surface area contributed by atoms with Crippen molar-refractivity contribution in [1.29, 1.82) is 0 Å². The van der Waals surface area contributed by atoms with Crippen LogP contribution in [0.15, 0.2) is 85.1 Å². The van der Waals surface area contributed by atoms with E-state index in [0.717, 1.165) is 89.9 Å². The van der Waals surface area contributed by atoms with Gasteiger partial charge in [-0.1, -0.05) is 240 Å². The fourth-order valence-electron chi connectivity index (χ4n) is 7.50. The van der Waals surface area contributed by atoms with E-state index in [1.807, 2.05) is 0 Å². The summed E-state index contributed by atoms with van der Waals surface area (Å²) in [6, 6.07) is 0. The van der Waals surface area contributed by atoms with Crippen molar-refractivity contribution in [3.63, 3.8) is 0 Å². The fourth-order valence-corrected chi connectivity index (χ4v) is 8.26. The van der Waals surface area contributed by atoms with Crippen molar-refractivity contribution in [2.45, 2.75) is 245 Å². The molecular formula is C58H102NO8P. The average Bonchev–Trinajstić information content (AvgIpc) is 3.33. The van der Waals surface area contributed by atoms with Crippen LogP contribution in [0, 0.1) is 0 Å². The first-order chi connectivity index (χ1) is 33.3. The number of unbranched alkanes of at least 4 members (excludes halogenated alkanes) is 24. The van der Waals surface area contributed by atoms with Gasteiger partial charge >= 0.3 is 19.8 Å². The van der Waals surface area contributed by atoms with Gasteiger partial charge in [0, 0.05) is 19.4 Å². The SMILES string of the molecule is CC/C=C\C/C=C\C/C=C\C/C=C\C/C=C\C/C=C\C/C=C\CCCCCCCCCCCCCC(=O)OC(COC(=O)CCCCCCCCCCCCCCCC)COP(=O)(O)OCCN. The molecule has 68 heavy (non-hydrogen) atoms. The Balaban J connectivity index is 3.97. The van der Waals surface area contributed by atoms with Crippen LogP contribution in [0.25, 0.3) is 0 Å². The van der Waals surface area contributed by atoms with Crippen molar-refractivity contribution < 1.29 is 37.6 Å². The lowest BCUT2D eigenvalue weighted by molar-refractivity contribution is -0.161. The molecule has 2 unspecified atom stereocenters. The Morgan fingerprint density at radius 1 is 0.456 bits per heavy atom. The number of carbonyl (C=O) groups excluding carboxylic acids is 2. The maximum Gasteiger partial charge on any atom is 0.472 e. The normalized spacial score (nSPS) is 13.8. The third-order valence-electron chi connectivity index (χ3n) is 11.5. The van der Waals surface area contributed by atoms with Crippen LogP contribution in [0.5, 0.6) is 0 Å². The van der Waals surface area contributed by atoms with E-state index < -0.39 is 26.5 Å². The highest BCUT2D eigenvalue weighted by molar-refractivity contribution is 7.47. The zero-order chi connectivity index (χ0) is 49.5. The molecule has 0 aliphatic heterocycles. The van der Waals surface area contributed by atoms with Gasteiger partial charge in [0.25, 0.3) is 0 Å². The molecule has 0 rings (SSSR count). The Morgan fingerprint density at radius 2 is 0.809 bits per heavy atom. The molecule has 0 saturated carbocycles. The number of phosphoric ester groups is 1. The molecule has 0 heterocycles. The highest BCUT2D eigenvalue weighted by atomic mass is 31.2. The minimum Gasteiger partial charge on any atom is -0.462 e. The Morgan fingerprint density at radius 3 is 1.21 bits per heavy atom. The Kier molecular flexibility index (Phi) is 51.3. The lowest BCUT2D eigenvalue weighted by atomic mass is 10.0. The summed E-state index contributed by atoms with van der Waals surface area (Å²) < 4.78 is 32.9. The van der Waals surface area contributed by atoms with E-state index in [1.165, 1.54) is 116 Å². The number of rotatable bonds is 51. The maximum absolute atomic E-state index is 12.7. The van der Waals surface area contributed by atoms with E-state index in [2.05, 4.69) is 98.9 Å². The van der Waals surface area contributed by atoms with Crippen LogP contribution < -0.4 is 5.73 Å². The molecule has 0 fully saturated rings. The Bertz CT molecular complexity index is 1390. The smallest absolute Gasteiger partial charge is 0.462 e. The van der Waals surface area contributed by atoms with Gasteiger partial charge < -0.3 is 20.1 Å². The van der Waals surface area contributed by atoms with Gasteiger partial charge in [-0.05, 0) is 70.6 Å². The quantitative estimate of drug-likeness (QED) is 0.0264. The monoisotopic (exact) mass is 972 g/mol. The topological polar surface area (TPSA) is 134 Å². The number of nitrogens with two attached hydrogens (primary N) is 1. The van der Waals surface area contributed by atoms with Crippen molar-refractivity contribution in [3.05, 3.63) is 85.1 Å². The van der Waals surface area contributed by atoms with Gasteiger partial charge in [0.2, 0.25) is 0 Å². The number of esters is 2. The number of carbonyl (C=O) groups is 2. The lowest BCUT2D eigenvalue weighted by Gasteiger charge is -2.19. The molecule has 0 aromatic carbocycles. The third-order valence-corrected chi connectivity index (χ3v) is 12.5. The first-order valence-corrected chi connectivity index (χ1v) is 29.1. The van der Waals surface area contributed by atoms with Crippen molar-refractivity contribution >= 4 is 19.8 Å². The second kappa shape index (κ2) is 53.5. The molecule has 0 amide bonds. The predicted octanol–water partition coefficient (Wildman–Crippen LogP) is 17.1. The average molecular weight is 972 g/mol. The van der Waals surface area contributed by atoms with Crippen LogP contribution in [0.3, 0.4) is 0 Å². The van der Waals surface area contributed by atoms with Gasteiger partial charge in [0.05, 0.1) is 13.2 Å². The molecule has 0 radical (unpaired) electrons. The van der Waals surface area contributed by atoms with Gasteiger partial charge in [-0.2, -0.15) is 0 Å². The van der Waals surface area contributed by atoms with Gasteiger partial charge in [-0.25, -0.2) is 4.57 Å². The number of allylic oxidation sites excluding steroid dienone is 14. The third kappa shape index (κ3) is 52.6. The molecule has 2 atom stereocenters. The summed E-state index contributed by atoms with van der Waals surface area (Å²) in [6.07, 6.45) is 69.2. The van der Waals surface area contributed by atoms with Gasteiger partial charge in [0.1, 0.15) is 6.61 Å². The van der Waals surface area contributed by atoms with Crippen LogP contribution in [0.2, 0.25) is 0 Å². The summed E-state index contributed by atoms with van der Waals surface area (Å²) >= 11 is 0. The molecule has 0 saturated heterocycles. The molecule has 0 aromatic heterocycles. The number of ether oxygens (including phenoxy) is 2. The summed E-state index contributed by atoms with van der Waals surface area (Å²) in [5.41, 5.74) is 5.37. The summed E-state index contributed by atoms with van der Waals surface area (Å²) in [5.74, 6) is -0.828. The van der Waals surface area contributed by atoms with Crippen LogP contribution in [-0.4, -0.2) is 49.3 Å². The summed E-state index contributed by atoms with van der Waals surface area (Å²) in [5, 5.41) is 0. The highest BCUT2D eigenvalue weighted by Crippen LogP contribution is 2.43. The van der Waals surface area contributed by atoms with Crippen LogP contribution in [0.1, 0.15) is 239 Å².